The number of halogens is 2. The molecular weight excluding hydrogens is 1280 g/mol. The summed E-state index contributed by atoms with van der Waals surface area (Å²) in [6.07, 6.45) is 2.18. The second-order valence-corrected chi connectivity index (χ2v) is 25.1. The first kappa shape index (κ1) is 73.9. The number of benzene rings is 2. The molecule has 2 aromatic rings. The fraction of sp³-hybridized carbons (Fsp3) is 0.578. The zero-order valence-electron chi connectivity index (χ0n) is 53.9. The van der Waals surface area contributed by atoms with Gasteiger partial charge in [-0.15, -0.1) is 0 Å². The number of alkyl halides is 1. The largest absolute Gasteiger partial charge is 0.495 e. The molecule has 8 N–H and O–H groups in total. The number of nitrogens with zero attached hydrogens (tertiary/aromatic N) is 3. The number of fused-ring (bicyclic) bond motifs is 5. The van der Waals surface area contributed by atoms with Crippen LogP contribution in [0.15, 0.2) is 66.3 Å². The Balaban J connectivity index is 1.24. The number of likely N-dealkylation sites (N-methyl/N-ethyl adjacent to an activating group) is 1. The minimum Gasteiger partial charge on any atom is -0.495 e. The Kier molecular flexibility index (Phi) is 27.0. The van der Waals surface area contributed by atoms with E-state index in [1.807, 2.05) is 17.9 Å². The number of morpholine rings is 1. The molecule has 0 radical (unpaired) electrons. The van der Waals surface area contributed by atoms with Crippen molar-refractivity contribution in [3.05, 3.63) is 82.4 Å². The summed E-state index contributed by atoms with van der Waals surface area (Å²) >= 11 is 10.1. The first-order valence-electron chi connectivity index (χ1n) is 30.7. The van der Waals surface area contributed by atoms with E-state index < -0.39 is 120 Å². The van der Waals surface area contributed by atoms with Crippen molar-refractivity contribution in [2.45, 2.75) is 153 Å². The summed E-state index contributed by atoms with van der Waals surface area (Å²) in [4.78, 5) is 126. The van der Waals surface area contributed by atoms with Gasteiger partial charge >= 0.3 is 24.1 Å². The first-order chi connectivity index (χ1) is 43.6. The number of amides is 7. The molecule has 26 nitrogen and oxygen atoms in total. The number of primary amides is 1. The van der Waals surface area contributed by atoms with E-state index in [0.29, 0.717) is 75.4 Å². The third-order valence-corrected chi connectivity index (χ3v) is 18.1. The number of epoxide rings is 1. The van der Waals surface area contributed by atoms with Gasteiger partial charge in [0.1, 0.15) is 53.1 Å². The van der Waals surface area contributed by atoms with Crippen LogP contribution in [0.3, 0.4) is 0 Å². The minimum atomic E-state index is -1.92. The molecule has 11 atom stereocenters. The van der Waals surface area contributed by atoms with Gasteiger partial charge in [0.2, 0.25) is 17.7 Å². The van der Waals surface area contributed by atoms with Gasteiger partial charge in [-0.1, -0.05) is 78.7 Å². The van der Waals surface area contributed by atoms with Gasteiger partial charge in [0.05, 0.1) is 68.6 Å². The van der Waals surface area contributed by atoms with E-state index in [0.717, 1.165) is 11.1 Å². The van der Waals surface area contributed by atoms with Crippen molar-refractivity contribution < 1.29 is 81.4 Å². The molecule has 92 heavy (non-hydrogen) atoms. The van der Waals surface area contributed by atoms with E-state index >= 15 is 0 Å². The average Bonchev–Trinajstić information content (AvgIpc) is 1.57. The highest BCUT2D eigenvalue weighted by Crippen LogP contribution is 2.49. The number of carbonyl (C=O) groups excluding carboxylic acids is 9. The van der Waals surface area contributed by atoms with Crippen molar-refractivity contribution in [3.8, 4) is 5.75 Å². The molecule has 6 rings (SSSR count). The summed E-state index contributed by atoms with van der Waals surface area (Å²) < 4.78 is 40.7. The molecule has 506 valence electrons. The maximum absolute atomic E-state index is 14.7. The number of hydrogen-bond donors (Lipinski definition) is 7. The number of urea groups is 1. The number of unbranched alkanes of at least 4 members (excludes halogenated alkanes) is 1. The Labute approximate surface area is 550 Å². The van der Waals surface area contributed by atoms with E-state index in [4.69, 9.17) is 50.5 Å². The Morgan fingerprint density at radius 1 is 1.03 bits per heavy atom. The highest BCUT2D eigenvalue weighted by Gasteiger charge is 2.64. The van der Waals surface area contributed by atoms with E-state index in [-0.39, 0.29) is 65.5 Å². The molecule has 0 aliphatic carbocycles. The number of aldehydes is 1. The van der Waals surface area contributed by atoms with Crippen molar-refractivity contribution >= 4 is 98.6 Å². The van der Waals surface area contributed by atoms with Crippen LogP contribution in [0.2, 0.25) is 5.02 Å². The number of aliphatic hydroxyl groups is 1. The lowest BCUT2D eigenvalue weighted by Crippen LogP contribution is -2.63. The molecule has 4 heterocycles. The van der Waals surface area contributed by atoms with E-state index in [2.05, 4.69) is 49.1 Å². The number of ether oxygens (including phenoxy) is 7. The van der Waals surface area contributed by atoms with Gasteiger partial charge in [-0.2, -0.15) is 0 Å². The van der Waals surface area contributed by atoms with Gasteiger partial charge in [0.15, 0.2) is 5.72 Å². The van der Waals surface area contributed by atoms with Gasteiger partial charge in [-0.25, -0.2) is 19.2 Å². The normalized spacial score (nSPS) is 24.7. The molecule has 7 amide bonds. The number of nitrogens with two attached hydrogens (primary N) is 1. The smallest absolute Gasteiger partial charge is 0.409 e. The number of anilines is 3. The predicted octanol–water partition coefficient (Wildman–Crippen LogP) is 5.38. The van der Waals surface area contributed by atoms with Gasteiger partial charge in [-0.05, 0) is 101 Å². The Bertz CT molecular complexity index is 3090. The number of allylic oxidation sites excluding steroid dienone is 3. The maximum Gasteiger partial charge on any atom is 0.409 e. The molecule has 4 bridgehead atoms. The number of esters is 2. The quantitative estimate of drug-likeness (QED) is 0.0118. The molecule has 4 aliphatic rings. The summed E-state index contributed by atoms with van der Waals surface area (Å²) in [7, 11) is 5.81. The second-order valence-electron chi connectivity index (χ2n) is 24.1. The van der Waals surface area contributed by atoms with Crippen LogP contribution >= 0.6 is 27.5 Å². The molecule has 0 spiro atoms. The molecule has 2 aromatic carbocycles. The number of carbonyl (C=O) groups is 9. The molecule has 28 heteroatoms. The fourth-order valence-electron chi connectivity index (χ4n) is 11.3. The molecule has 3 saturated heterocycles. The van der Waals surface area contributed by atoms with Crippen molar-refractivity contribution in [2.24, 2.45) is 17.6 Å². The van der Waals surface area contributed by atoms with Crippen LogP contribution in [0.25, 0.3) is 0 Å². The van der Waals surface area contributed by atoms with Crippen LogP contribution in [0, 0.1) is 11.8 Å². The Morgan fingerprint density at radius 2 is 1.75 bits per heavy atom. The molecule has 0 saturated carbocycles. The summed E-state index contributed by atoms with van der Waals surface area (Å²) in [5.41, 5.74) is 5.02. The molecular formula is C64H89BrClN9O17. The van der Waals surface area contributed by atoms with Crippen LogP contribution in [-0.2, 0) is 63.6 Å². The van der Waals surface area contributed by atoms with Crippen molar-refractivity contribution in [1.82, 2.24) is 26.2 Å². The van der Waals surface area contributed by atoms with Crippen LogP contribution in [0.1, 0.15) is 102 Å². The van der Waals surface area contributed by atoms with Gasteiger partial charge < -0.3 is 79.4 Å². The number of alkyl carbamates (subject to hydrolysis) is 1. The van der Waals surface area contributed by atoms with Gasteiger partial charge in [-0.3, -0.25) is 29.8 Å². The zero-order chi connectivity index (χ0) is 67.8. The number of hydrogen-bond acceptors (Lipinski definition) is 19. The van der Waals surface area contributed by atoms with Crippen molar-refractivity contribution in [3.63, 3.8) is 0 Å². The first-order valence-corrected chi connectivity index (χ1v) is 32.2. The Morgan fingerprint density at radius 3 is 2.40 bits per heavy atom. The lowest BCUT2D eigenvalue weighted by Gasteiger charge is -2.42. The monoisotopic (exact) mass is 1370 g/mol. The van der Waals surface area contributed by atoms with Crippen molar-refractivity contribution in [1.29, 1.82) is 0 Å². The van der Waals surface area contributed by atoms with E-state index in [1.54, 1.807) is 58.0 Å². The highest BCUT2D eigenvalue weighted by molar-refractivity contribution is 9.09. The van der Waals surface area contributed by atoms with Crippen molar-refractivity contribution in [2.75, 3.05) is 88.2 Å². The minimum absolute atomic E-state index is 0.0410. The topological polar surface area (TPSA) is 338 Å². The second kappa shape index (κ2) is 33.6. The Hall–Kier alpha value is -7.14. The van der Waals surface area contributed by atoms with Crippen LogP contribution in [0.4, 0.5) is 26.7 Å². The summed E-state index contributed by atoms with van der Waals surface area (Å²) in [6.45, 7) is 15.5. The molecule has 3 fully saturated rings. The summed E-state index contributed by atoms with van der Waals surface area (Å²) in [5, 5.41) is 26.3. The van der Waals surface area contributed by atoms with E-state index in [9.17, 15) is 48.3 Å². The number of rotatable bonds is 26. The molecule has 0 aromatic heterocycles. The fourth-order valence-corrected chi connectivity index (χ4v) is 11.8. The van der Waals surface area contributed by atoms with Gasteiger partial charge in [0, 0.05) is 69.6 Å². The third-order valence-electron chi connectivity index (χ3n) is 17.0. The lowest BCUT2D eigenvalue weighted by molar-refractivity contribution is -0.158. The molecule has 4 aliphatic heterocycles. The third kappa shape index (κ3) is 19.2. The molecule has 1 unspecified atom stereocenters. The predicted molar refractivity (Wildman–Crippen MR) is 346 cm³/mol. The van der Waals surface area contributed by atoms with Crippen LogP contribution < -0.4 is 46.9 Å². The average molecular weight is 1370 g/mol. The lowest BCUT2D eigenvalue weighted by atomic mass is 9.83. The summed E-state index contributed by atoms with van der Waals surface area (Å²) in [6, 6.07) is 3.15. The highest BCUT2D eigenvalue weighted by atomic mass is 79.9. The zero-order valence-corrected chi connectivity index (χ0v) is 56.3. The van der Waals surface area contributed by atoms with Crippen LogP contribution in [-0.4, -0.2) is 197 Å². The van der Waals surface area contributed by atoms with E-state index in [1.165, 1.54) is 57.2 Å². The summed E-state index contributed by atoms with van der Waals surface area (Å²) in [5.74, 6) is -4.48. The van der Waals surface area contributed by atoms with Crippen LogP contribution in [0.5, 0.6) is 5.75 Å². The number of nitrogens with one attached hydrogen (secondary N) is 5. The number of methoxy groups -OCH3 is 2. The standard InChI is InChI=1S/C64H89BrClN9O17/c1-36(2)54(69-43(35-76)17-12-13-25-89-59(81)38(4)34-65)57(79)71-45(18-15-22-68-61(67)83)56(78)70-44-21-20-42(31-46(44)75-23-26-88-27-24-75)58(80)73(8)40(6)60(82)91-51-32-52(77)74(9)47-29-41(30-48(86-10)53(47)66)28-37(3)16-14-19-50(87-11)64(85)33-49(90-62(84)72-64)39(5)55-63(51,7)92-55/h14,16,19-21,29-31,35-36,39-40,43,45,49-51,54-55,69,85H,4,12-13,15,17-18,22-28,32-34H2,1-3,5-11H3,(H,70,78)(H,71,79)(H,72,84)(H3,67,68,83)/b19-14+,37-16+/t39-,40+,43?,45+,49+,50-,51+,54+,55+,63+,64+/m1/s1. The maximum atomic E-state index is 14.7. The SMILES string of the molecule is C=C(CBr)C(=O)OCCCCC(C=O)N[C@H](C(=O)N[C@@H](CCCNC(N)=O)C(=O)Nc1ccc(C(=O)N(C)[C@@H](C)C(=O)O[C@H]2CC(=O)N(C)c3cc(cc(OC)c3Cl)C/C(C)=C/C=C/[C@@H](OC)[C@@]3(O)C[C@H](OC(=O)N3)[C@@H](C)[C@@H]3O[C@@]23C)cc1N1CCOCC1)C(C)C. The van der Waals surface area contributed by atoms with Gasteiger partial charge in [0.25, 0.3) is 5.91 Å².